The maximum absolute atomic E-state index is 9.23. The number of anilines is 1. The van der Waals surface area contributed by atoms with Crippen molar-refractivity contribution in [2.75, 3.05) is 19.0 Å². The molecule has 4 heteroatoms. The fraction of sp³-hybridized carbons (Fsp3) is 0.562. The smallest absolute Gasteiger partial charge is 0.143 e. The van der Waals surface area contributed by atoms with Crippen LogP contribution in [0.3, 0.4) is 0 Å². The lowest BCUT2D eigenvalue weighted by Crippen LogP contribution is -2.34. The second-order valence-corrected chi connectivity index (χ2v) is 5.14. The number of para-hydroxylation sites is 1. The highest BCUT2D eigenvalue weighted by molar-refractivity contribution is 5.66. The lowest BCUT2D eigenvalue weighted by molar-refractivity contribution is 0.00594. The molecular weight excluding hydrogens is 252 g/mol. The van der Waals surface area contributed by atoms with Crippen molar-refractivity contribution < 1.29 is 9.47 Å². The van der Waals surface area contributed by atoms with Gasteiger partial charge in [-0.05, 0) is 31.4 Å². The largest absolute Gasteiger partial charge is 0.495 e. The van der Waals surface area contributed by atoms with E-state index in [-0.39, 0.29) is 0 Å². The molecule has 1 fully saturated rings. The van der Waals surface area contributed by atoms with Crippen molar-refractivity contribution in [1.82, 2.24) is 0 Å². The molecule has 1 N–H and O–H groups in total. The van der Waals surface area contributed by atoms with Gasteiger partial charge in [0.2, 0.25) is 0 Å². The van der Waals surface area contributed by atoms with Gasteiger partial charge in [-0.15, -0.1) is 0 Å². The number of hydrogen-bond acceptors (Lipinski definition) is 4. The Labute approximate surface area is 120 Å². The fourth-order valence-corrected chi connectivity index (χ4v) is 2.68. The van der Waals surface area contributed by atoms with Crippen molar-refractivity contribution in [2.24, 2.45) is 0 Å². The Hall–Kier alpha value is -1.73. The minimum absolute atomic E-state index is 0.325. The molecular formula is C16H22N2O2. The second kappa shape index (κ2) is 7.16. The summed E-state index contributed by atoms with van der Waals surface area (Å²) in [6.07, 6.45) is 4.50. The van der Waals surface area contributed by atoms with Crippen molar-refractivity contribution in [1.29, 1.82) is 5.26 Å². The summed E-state index contributed by atoms with van der Waals surface area (Å²) >= 11 is 0. The Bertz CT molecular complexity index is 480. The maximum atomic E-state index is 9.23. The Balaban J connectivity index is 2.11. The molecule has 1 aliphatic rings. The van der Waals surface area contributed by atoms with Gasteiger partial charge in [0, 0.05) is 12.6 Å². The molecule has 0 aliphatic carbocycles. The molecule has 4 nitrogen and oxygen atoms in total. The van der Waals surface area contributed by atoms with E-state index >= 15 is 0 Å². The predicted molar refractivity (Wildman–Crippen MR) is 79.0 cm³/mol. The van der Waals surface area contributed by atoms with Crippen LogP contribution in [-0.2, 0) is 4.74 Å². The Morgan fingerprint density at radius 1 is 1.50 bits per heavy atom. The topological polar surface area (TPSA) is 54.3 Å². The first-order valence-corrected chi connectivity index (χ1v) is 7.23. The number of nitrogens with zero attached hydrogens (tertiary/aromatic N) is 1. The zero-order valence-corrected chi connectivity index (χ0v) is 12.2. The zero-order chi connectivity index (χ0) is 14.4. The van der Waals surface area contributed by atoms with Gasteiger partial charge in [-0.25, -0.2) is 0 Å². The van der Waals surface area contributed by atoms with E-state index in [4.69, 9.17) is 9.47 Å². The maximum Gasteiger partial charge on any atom is 0.143 e. The quantitative estimate of drug-likeness (QED) is 0.894. The number of nitriles is 1. The van der Waals surface area contributed by atoms with E-state index in [1.807, 2.05) is 18.2 Å². The summed E-state index contributed by atoms with van der Waals surface area (Å²) in [7, 11) is 1.63. The van der Waals surface area contributed by atoms with Gasteiger partial charge in [0.25, 0.3) is 0 Å². The molecule has 2 atom stereocenters. The van der Waals surface area contributed by atoms with Gasteiger partial charge in [0.1, 0.15) is 11.8 Å². The average Bonchev–Trinajstić information content (AvgIpc) is 2.48. The number of ether oxygens (including phenoxy) is 2. The molecule has 0 aromatic heterocycles. The molecule has 1 aromatic carbocycles. The molecule has 1 saturated heterocycles. The van der Waals surface area contributed by atoms with E-state index in [2.05, 4.69) is 18.3 Å². The summed E-state index contributed by atoms with van der Waals surface area (Å²) in [6, 6.07) is 8.09. The Kier molecular flexibility index (Phi) is 5.25. The fourth-order valence-electron chi connectivity index (χ4n) is 2.68. The molecule has 2 rings (SSSR count). The van der Waals surface area contributed by atoms with Crippen molar-refractivity contribution in [2.45, 2.75) is 44.8 Å². The van der Waals surface area contributed by atoms with Gasteiger partial charge in [-0.1, -0.05) is 19.4 Å². The van der Waals surface area contributed by atoms with Crippen molar-refractivity contribution >= 4 is 5.69 Å². The van der Waals surface area contributed by atoms with Gasteiger partial charge >= 0.3 is 0 Å². The van der Waals surface area contributed by atoms with Crippen LogP contribution < -0.4 is 10.1 Å². The number of methoxy groups -OCH3 is 1. The van der Waals surface area contributed by atoms with Crippen LogP contribution in [0, 0.1) is 11.3 Å². The van der Waals surface area contributed by atoms with Crippen LogP contribution in [0.2, 0.25) is 0 Å². The third-order valence-corrected chi connectivity index (χ3v) is 3.69. The molecule has 0 spiro atoms. The highest BCUT2D eigenvalue weighted by atomic mass is 16.5. The average molecular weight is 274 g/mol. The van der Waals surface area contributed by atoms with Crippen LogP contribution >= 0.6 is 0 Å². The molecule has 1 aliphatic heterocycles. The first-order chi connectivity index (χ1) is 9.78. The molecule has 2 unspecified atom stereocenters. The summed E-state index contributed by atoms with van der Waals surface area (Å²) < 4.78 is 11.1. The second-order valence-electron chi connectivity index (χ2n) is 5.14. The number of nitrogens with one attached hydrogen (secondary N) is 1. The van der Waals surface area contributed by atoms with E-state index in [1.54, 1.807) is 7.11 Å². The number of benzene rings is 1. The van der Waals surface area contributed by atoms with E-state index in [0.717, 1.165) is 43.7 Å². The van der Waals surface area contributed by atoms with Gasteiger partial charge in [-0.3, -0.25) is 0 Å². The summed E-state index contributed by atoms with van der Waals surface area (Å²) in [6.45, 7) is 2.95. The van der Waals surface area contributed by atoms with Crippen LogP contribution in [-0.4, -0.2) is 25.9 Å². The molecule has 1 heterocycles. The molecule has 0 amide bonds. The van der Waals surface area contributed by atoms with Crippen molar-refractivity contribution in [3.8, 4) is 11.8 Å². The zero-order valence-electron chi connectivity index (χ0n) is 12.2. The van der Waals surface area contributed by atoms with Gasteiger partial charge in [0.05, 0.1) is 24.5 Å². The highest BCUT2D eigenvalue weighted by Crippen LogP contribution is 2.31. The van der Waals surface area contributed by atoms with Gasteiger partial charge in [0.15, 0.2) is 0 Å². The third-order valence-electron chi connectivity index (χ3n) is 3.69. The van der Waals surface area contributed by atoms with Crippen LogP contribution in [0.1, 0.15) is 38.2 Å². The first-order valence-electron chi connectivity index (χ1n) is 7.23. The van der Waals surface area contributed by atoms with E-state index in [0.29, 0.717) is 17.7 Å². The van der Waals surface area contributed by atoms with Crippen molar-refractivity contribution in [3.63, 3.8) is 0 Å². The standard InChI is InChI=1S/C16H22N2O2/c1-3-5-14-10-13(8-9-20-14)18-16-12(11-17)6-4-7-15(16)19-2/h4,6-7,13-14,18H,3,5,8-10H2,1-2H3. The lowest BCUT2D eigenvalue weighted by Gasteiger charge is -2.31. The van der Waals surface area contributed by atoms with Crippen LogP contribution in [0.25, 0.3) is 0 Å². The minimum atomic E-state index is 0.325. The van der Waals surface area contributed by atoms with Crippen LogP contribution in [0.15, 0.2) is 18.2 Å². The molecule has 1 aromatic rings. The SMILES string of the molecule is CCCC1CC(Nc2c(C#N)cccc2OC)CCO1. The molecule has 0 radical (unpaired) electrons. The van der Waals surface area contributed by atoms with Crippen molar-refractivity contribution in [3.05, 3.63) is 23.8 Å². The van der Waals surface area contributed by atoms with Crippen LogP contribution in [0.5, 0.6) is 5.75 Å². The molecule has 0 bridgehead atoms. The normalized spacial score (nSPS) is 22.1. The lowest BCUT2D eigenvalue weighted by atomic mass is 9.99. The van der Waals surface area contributed by atoms with Gasteiger partial charge < -0.3 is 14.8 Å². The highest BCUT2D eigenvalue weighted by Gasteiger charge is 2.23. The summed E-state index contributed by atoms with van der Waals surface area (Å²) in [5.74, 6) is 0.725. The molecule has 0 saturated carbocycles. The predicted octanol–water partition coefficient (Wildman–Crippen LogP) is 3.33. The first kappa shape index (κ1) is 14.7. The summed E-state index contributed by atoms with van der Waals surface area (Å²) in [4.78, 5) is 0. The van der Waals surface area contributed by atoms with E-state index < -0.39 is 0 Å². The molecule has 20 heavy (non-hydrogen) atoms. The van der Waals surface area contributed by atoms with E-state index in [9.17, 15) is 5.26 Å². The summed E-state index contributed by atoms with van der Waals surface area (Å²) in [5, 5.41) is 12.7. The third kappa shape index (κ3) is 3.43. The molecule has 108 valence electrons. The van der Waals surface area contributed by atoms with E-state index in [1.165, 1.54) is 0 Å². The monoisotopic (exact) mass is 274 g/mol. The number of rotatable bonds is 5. The number of hydrogen-bond donors (Lipinski definition) is 1. The minimum Gasteiger partial charge on any atom is -0.495 e. The Morgan fingerprint density at radius 3 is 3.05 bits per heavy atom. The van der Waals surface area contributed by atoms with Crippen LogP contribution in [0.4, 0.5) is 5.69 Å². The van der Waals surface area contributed by atoms with Gasteiger partial charge in [-0.2, -0.15) is 5.26 Å². The summed E-state index contributed by atoms with van der Waals surface area (Å²) in [5.41, 5.74) is 1.43. The Morgan fingerprint density at radius 2 is 2.35 bits per heavy atom.